The molecule has 1 aromatic carbocycles. The molecule has 0 spiro atoms. The van der Waals surface area contributed by atoms with Crippen LogP contribution in [0.2, 0.25) is 0 Å². The van der Waals surface area contributed by atoms with Gasteiger partial charge >= 0.3 is 59.7 Å². The quantitative estimate of drug-likeness (QED) is 0.0164. The van der Waals surface area contributed by atoms with E-state index in [9.17, 15) is 47.9 Å². The van der Waals surface area contributed by atoms with Gasteiger partial charge in [-0.05, 0) is 90.9 Å². The first-order valence-electron chi connectivity index (χ1n) is 38.7. The molecule has 0 aliphatic heterocycles. The maximum Gasteiger partial charge on any atom is 0.306 e. The van der Waals surface area contributed by atoms with E-state index in [0.29, 0.717) is 47.7 Å². The first-order chi connectivity index (χ1) is 58.7. The van der Waals surface area contributed by atoms with Gasteiger partial charge in [0.25, 0.3) is 0 Å². The highest BCUT2D eigenvalue weighted by molar-refractivity contribution is 7.85. The summed E-state index contributed by atoms with van der Waals surface area (Å²) in [5.41, 5.74) is 3.30. The topological polar surface area (TPSA) is 281 Å². The molecule has 1 rings (SSSR count). The summed E-state index contributed by atoms with van der Waals surface area (Å²) in [7, 11) is 0. The summed E-state index contributed by atoms with van der Waals surface area (Å²) in [5, 5.41) is -0.922. The third kappa shape index (κ3) is 59.9. The predicted octanol–water partition coefficient (Wildman–Crippen LogP) is 13.6. The molecule has 48 heteroatoms. The normalized spacial score (nSPS) is 13.0. The van der Waals surface area contributed by atoms with Crippen LogP contribution >= 0.6 is 328 Å². The van der Waals surface area contributed by atoms with Crippen molar-refractivity contribution in [3.8, 4) is 0 Å². The lowest BCUT2D eigenvalue weighted by atomic mass is 9.90. The van der Waals surface area contributed by atoms with Crippen LogP contribution in [0.3, 0.4) is 0 Å². The maximum atomic E-state index is 12.3. The third-order valence-corrected chi connectivity index (χ3v) is 27.9. The van der Waals surface area contributed by atoms with E-state index >= 15 is 0 Å². The molecular formula is C76H134O22S26. The summed E-state index contributed by atoms with van der Waals surface area (Å²) in [6.45, 7) is 3.94. The van der Waals surface area contributed by atoms with Crippen LogP contribution in [0.1, 0.15) is 125 Å². The van der Waals surface area contributed by atoms with Gasteiger partial charge < -0.3 is 56.8 Å². The Labute approximate surface area is 880 Å². The molecule has 726 valence electrons. The van der Waals surface area contributed by atoms with Crippen molar-refractivity contribution in [3.05, 3.63) is 33.4 Å². The number of benzene rings is 1. The molecule has 22 nitrogen and oxygen atoms in total. The van der Waals surface area contributed by atoms with Crippen molar-refractivity contribution in [1.29, 1.82) is 0 Å². The highest BCUT2D eigenvalue weighted by Crippen LogP contribution is 2.36. The molecule has 0 saturated heterocycles. The van der Waals surface area contributed by atoms with Gasteiger partial charge in [-0.2, -0.15) is 328 Å². The Balaban J connectivity index is -0.000000803. The van der Waals surface area contributed by atoms with Crippen LogP contribution in [0.15, 0.2) is 0 Å². The molecule has 0 aliphatic carbocycles. The number of thiol groups is 26. The van der Waals surface area contributed by atoms with Crippen LogP contribution in [0.25, 0.3) is 0 Å². The molecule has 0 heterocycles. The van der Waals surface area contributed by atoms with Gasteiger partial charge in [0.05, 0.1) is 101 Å². The van der Waals surface area contributed by atoms with Crippen molar-refractivity contribution >= 4 is 388 Å². The summed E-state index contributed by atoms with van der Waals surface area (Å²) < 4.78 is 65.8. The minimum absolute atomic E-state index is 0.0189. The van der Waals surface area contributed by atoms with Gasteiger partial charge in [0.1, 0.15) is 71.5 Å². The van der Waals surface area contributed by atoms with E-state index in [1.807, 2.05) is 0 Å². The lowest BCUT2D eigenvalue weighted by molar-refractivity contribution is -0.176. The van der Waals surface area contributed by atoms with Gasteiger partial charge in [-0.3, -0.25) is 47.9 Å². The number of hydrogen-bond donors (Lipinski definition) is 26. The van der Waals surface area contributed by atoms with Crippen LogP contribution < -0.4 is 0 Å². The SMILES string of the molecule is CC(S)CC(=O)OCC(COC(=O)CC(C)S)(COC(=O)CC(C)S)COC(=O)CC(C)S.O=C(CCS)OCC(COCC(COC(=O)CCS)(COC(=O)CCS)COC(=O)CCS)(COC(=O)CCS)COC(=O)CCS.SCC(CS)(CS)COCC(CS)(CS)CS.SCC(CS)(CS)CS.SCc1c(CS)c(CS)c(CS)c(CS)c1CS. The van der Waals surface area contributed by atoms with Crippen LogP contribution in [0.4, 0.5) is 0 Å². The smallest absolute Gasteiger partial charge is 0.306 e. The Morgan fingerprint density at radius 1 is 0.202 bits per heavy atom. The summed E-state index contributed by atoms with van der Waals surface area (Å²) in [4.78, 5) is 122. The molecule has 0 bridgehead atoms. The van der Waals surface area contributed by atoms with Crippen molar-refractivity contribution < 1.29 is 105 Å². The molecule has 124 heavy (non-hydrogen) atoms. The van der Waals surface area contributed by atoms with Crippen LogP contribution in [0, 0.1) is 32.5 Å². The monoisotopic (exact) mass is 2230 g/mol. The zero-order chi connectivity index (χ0) is 95.6. The zero-order valence-electron chi connectivity index (χ0n) is 70.4. The second-order valence-electron chi connectivity index (χ2n) is 29.0. The van der Waals surface area contributed by atoms with E-state index < -0.39 is 75.9 Å². The van der Waals surface area contributed by atoms with Crippen molar-refractivity contribution in [1.82, 2.24) is 0 Å². The maximum absolute atomic E-state index is 12.3. The van der Waals surface area contributed by atoms with Crippen molar-refractivity contribution in [2.45, 2.75) is 147 Å². The van der Waals surface area contributed by atoms with E-state index in [-0.39, 0.29) is 215 Å². The standard InChI is InChI=1S/C28H46O13S6.C21H36O8S4.C12H18S6.C10H22OS6.C5H12S4/c29-21(1-7-42)36-15-27(16-37-22(30)2-8-43,17-38-23(31)3-9-44)13-35-14-28(18-39-24(32)4-10-45,19-40-25(33)5-11-46)20-41-26(34)6-12-47;1-13(30)5-17(22)26-9-21(10-27-18(23)6-14(2)31,11-28-19(24)7-15(3)32)12-29-20(25)8-16(4)33;13-1-7-8(2-14)10(4-16)12(6-18)11(5-17)9(7)3-15;12-3-9(4-13,5-14)1-11-2-10(6-15,7-16)8-17;6-1-5(2-7,3-8)4-9/h42-47H,1-20H2;13-16,30-33H,5-12H2,1-4H3;13-18H,1-6H2;12-17H,1-8H2;6-9H,1-4H2. The fraction of sp³-hybridized carbons (Fsp3) is 0.789. The minimum atomic E-state index is -1.41. The van der Waals surface area contributed by atoms with Crippen LogP contribution in [-0.4, -0.2) is 265 Å². The van der Waals surface area contributed by atoms with Gasteiger partial charge in [-0.15, -0.1) is 0 Å². The van der Waals surface area contributed by atoms with Gasteiger partial charge in [-0.25, -0.2) is 0 Å². The van der Waals surface area contributed by atoms with E-state index in [2.05, 4.69) is 328 Å². The Hall–Kier alpha value is 2.94. The number of carbonyl (C=O) groups excluding carboxylic acids is 10. The fourth-order valence-electron chi connectivity index (χ4n) is 9.35. The Morgan fingerprint density at radius 2 is 0.331 bits per heavy atom. The average Bonchev–Trinajstić information content (AvgIpc) is 0.773. The Bertz CT molecular complexity index is 2660. The lowest BCUT2D eigenvalue weighted by Crippen LogP contribution is -2.47. The van der Waals surface area contributed by atoms with Crippen LogP contribution in [-0.2, 0) is 139 Å². The Kier molecular flexibility index (Phi) is 85.7. The summed E-state index contributed by atoms with van der Waals surface area (Å²) >= 11 is 111. The summed E-state index contributed by atoms with van der Waals surface area (Å²) in [6, 6.07) is 0. The molecule has 0 saturated carbocycles. The average molecular weight is 2230 g/mol. The van der Waals surface area contributed by atoms with Gasteiger partial charge in [-0.1, -0.05) is 27.7 Å². The summed E-state index contributed by atoms with van der Waals surface area (Å²) in [5.74, 6) is 7.18. The molecular weight excluding hydrogens is 2100 g/mol. The van der Waals surface area contributed by atoms with Crippen molar-refractivity contribution in [2.75, 3.05) is 185 Å². The van der Waals surface area contributed by atoms with Gasteiger partial charge in [0, 0.05) is 106 Å². The molecule has 1 aromatic rings. The number of esters is 10. The predicted molar refractivity (Wildman–Crippen MR) is 590 cm³/mol. The highest BCUT2D eigenvalue weighted by Gasteiger charge is 2.43. The molecule has 0 radical (unpaired) electrons. The summed E-state index contributed by atoms with van der Waals surface area (Å²) in [6.07, 6.45) is 0.0696. The first kappa shape index (κ1) is 133. The van der Waals surface area contributed by atoms with E-state index in [4.69, 9.17) is 56.8 Å². The molecule has 0 N–H and O–H groups in total. The molecule has 0 fully saturated rings. The van der Waals surface area contributed by atoms with Crippen molar-refractivity contribution in [3.63, 3.8) is 0 Å². The molecule has 0 amide bonds. The fourth-order valence-corrected chi connectivity index (χ4v) is 18.7. The van der Waals surface area contributed by atoms with E-state index in [1.54, 1.807) is 27.7 Å². The van der Waals surface area contributed by atoms with Crippen LogP contribution in [0.5, 0.6) is 0 Å². The van der Waals surface area contributed by atoms with Gasteiger partial charge in [0.2, 0.25) is 0 Å². The number of ether oxygens (including phenoxy) is 12. The zero-order valence-corrected chi connectivity index (χ0v) is 93.7. The second kappa shape index (κ2) is 79.8. The number of carbonyl (C=O) groups is 10. The van der Waals surface area contributed by atoms with E-state index in [0.717, 1.165) is 57.5 Å². The number of hydrogen-bond acceptors (Lipinski definition) is 48. The van der Waals surface area contributed by atoms with E-state index in [1.165, 1.54) is 33.4 Å². The molecule has 4 unspecified atom stereocenters. The Morgan fingerprint density at radius 3 is 0.444 bits per heavy atom. The second-order valence-corrected chi connectivity index (χ2v) is 40.3. The first-order valence-corrected chi connectivity index (χ1v) is 54.7. The molecule has 4 atom stereocenters. The van der Waals surface area contributed by atoms with Crippen molar-refractivity contribution in [2.24, 2.45) is 32.5 Å². The largest absolute Gasteiger partial charge is 0.465 e. The lowest BCUT2D eigenvalue weighted by Gasteiger charge is -2.35. The molecule has 0 aromatic heterocycles. The van der Waals surface area contributed by atoms with Gasteiger partial charge in [0.15, 0.2) is 0 Å². The third-order valence-electron chi connectivity index (χ3n) is 17.3. The molecule has 0 aliphatic rings. The highest BCUT2D eigenvalue weighted by atomic mass is 32.1. The minimum Gasteiger partial charge on any atom is -0.465 e. The number of rotatable bonds is 64.